The fourth-order valence-electron chi connectivity index (χ4n) is 0. The van der Waals surface area contributed by atoms with Gasteiger partial charge >= 0.3 is 0 Å². The maximum absolute atomic E-state index is 4.65. The lowest BCUT2D eigenvalue weighted by molar-refractivity contribution is 0.686. The van der Waals surface area contributed by atoms with E-state index in [-0.39, 0.29) is 20.3 Å². The largest absolute Gasteiger partial charge is 0.614 e. The van der Waals surface area contributed by atoms with E-state index in [2.05, 4.69) is 10.3 Å². The summed E-state index contributed by atoms with van der Waals surface area (Å²) in [6.45, 7) is 0. The van der Waals surface area contributed by atoms with Crippen LogP contribution in [0.3, 0.4) is 0 Å². The highest BCUT2D eigenvalue weighted by Crippen LogP contribution is 1.28. The van der Waals surface area contributed by atoms with Gasteiger partial charge in [0, 0.05) is 0 Å². The molecule has 0 fully saturated rings. The fraction of sp³-hybridized carbons (Fsp3) is 0. The van der Waals surface area contributed by atoms with Gasteiger partial charge in [0.1, 0.15) is 0 Å². The average molecular weight is 122 g/mol. The summed E-state index contributed by atoms with van der Waals surface area (Å²) < 4.78 is 4.65. The first kappa shape index (κ1) is 9.01. The van der Waals surface area contributed by atoms with E-state index in [1.54, 1.807) is 0 Å². The van der Waals surface area contributed by atoms with E-state index in [1.165, 1.54) is 0 Å². The summed E-state index contributed by atoms with van der Waals surface area (Å²) in [5.74, 6) is 0. The molecule has 0 radical (unpaired) electrons. The predicted molar refractivity (Wildman–Crippen MR) is 36.6 cm³/mol. The minimum absolute atomic E-state index is 0. The second kappa shape index (κ2) is 8.85. The van der Waals surface area contributed by atoms with E-state index in [0.717, 1.165) is 10.5 Å². The zero-order chi connectivity index (χ0) is 3.41. The van der Waals surface area contributed by atoms with Gasteiger partial charge in [0.2, 0.25) is 0 Å². The molecule has 0 amide bonds. The van der Waals surface area contributed by atoms with Crippen LogP contribution in [0.5, 0.6) is 0 Å². The van der Waals surface area contributed by atoms with Gasteiger partial charge in [0.15, 0.2) is 19.9 Å². The Morgan fingerprint density at radius 3 is 2.00 bits per heavy atom. The van der Waals surface area contributed by atoms with E-state index in [4.69, 9.17) is 0 Å². The monoisotopic (exact) mass is 122 g/mol. The molecule has 0 N–H and O–H groups in total. The first-order chi connectivity index (χ1) is 1.91. The molecular weight excluding hydrogens is 112 g/mol. The van der Waals surface area contributed by atoms with E-state index in [1.807, 2.05) is 0 Å². The molecule has 0 aromatic rings. The summed E-state index contributed by atoms with van der Waals surface area (Å²) in [5, 5.41) is 0. The van der Waals surface area contributed by atoms with Gasteiger partial charge in [-0.3, -0.25) is 0 Å². The minimum Gasteiger partial charge on any atom is -0.614 e. The summed E-state index contributed by atoms with van der Waals surface area (Å²) in [6.07, 6.45) is 3.50. The van der Waals surface area contributed by atoms with Crippen molar-refractivity contribution in [3.05, 3.63) is 0 Å². The van der Waals surface area contributed by atoms with E-state index < -0.39 is 0 Å². The Morgan fingerprint density at radius 2 is 2.00 bits per heavy atom. The van der Waals surface area contributed by atoms with Gasteiger partial charge in [0.25, 0.3) is 0 Å². The molecule has 0 rings (SSSR count). The third kappa shape index (κ3) is 13.3. The Balaban J connectivity index is 0. The highest BCUT2D eigenvalue weighted by atomic mass is 28.3. The van der Waals surface area contributed by atoms with Crippen molar-refractivity contribution >= 4 is 37.0 Å². The molecule has 32 valence electrons. The van der Waals surface area contributed by atoms with E-state index in [9.17, 15) is 0 Å². The van der Waals surface area contributed by atoms with Crippen LogP contribution in [-0.2, 0) is 4.12 Å². The van der Waals surface area contributed by atoms with Crippen molar-refractivity contribution in [2.75, 3.05) is 0 Å². The first-order valence-corrected chi connectivity index (χ1v) is 3.16. The van der Waals surface area contributed by atoms with Crippen LogP contribution >= 0.6 is 0 Å². The van der Waals surface area contributed by atoms with Crippen molar-refractivity contribution in [3.8, 4) is 0 Å². The van der Waals surface area contributed by atoms with Gasteiger partial charge < -0.3 is 4.12 Å². The SMILES string of the molecule is C=[SiH]O[SiH3].[SiH4]. The summed E-state index contributed by atoms with van der Waals surface area (Å²) >= 11 is 0. The average Bonchev–Trinajstić information content (AvgIpc) is 1.37. The third-order valence-corrected chi connectivity index (χ3v) is 1.50. The lowest BCUT2D eigenvalue weighted by Crippen LogP contribution is -1.76. The van der Waals surface area contributed by atoms with Gasteiger partial charge in [-0.05, 0) is 11.0 Å². The highest BCUT2D eigenvalue weighted by Gasteiger charge is 1.39. The number of hydrogen-bond acceptors (Lipinski definition) is 1. The van der Waals surface area contributed by atoms with E-state index >= 15 is 0 Å². The van der Waals surface area contributed by atoms with Gasteiger partial charge in [0.05, 0.1) is 0 Å². The summed E-state index contributed by atoms with van der Waals surface area (Å²) in [4.78, 5) is 0. The van der Waals surface area contributed by atoms with Crippen LogP contribution in [-0.4, -0.2) is 37.0 Å². The van der Waals surface area contributed by atoms with Crippen molar-refractivity contribution in [1.82, 2.24) is 0 Å². The molecule has 0 saturated carbocycles. The molecule has 0 aromatic carbocycles. The molecule has 0 aliphatic carbocycles. The Hall–Kier alpha value is 0.321. The normalized spacial score (nSPS) is 4.80. The molecule has 0 heterocycles. The molecule has 0 spiro atoms. The topological polar surface area (TPSA) is 9.23 Å². The van der Waals surface area contributed by atoms with Crippen LogP contribution in [0.25, 0.3) is 0 Å². The van der Waals surface area contributed by atoms with Crippen LogP contribution < -0.4 is 0 Å². The van der Waals surface area contributed by atoms with Crippen molar-refractivity contribution < 1.29 is 4.12 Å². The predicted octanol–water partition coefficient (Wildman–Crippen LogP) is -3.38. The number of hydrogen-bond donors (Lipinski definition) is 0. The van der Waals surface area contributed by atoms with Crippen molar-refractivity contribution in [3.63, 3.8) is 0 Å². The van der Waals surface area contributed by atoms with Gasteiger partial charge in [-0.2, -0.15) is 0 Å². The highest BCUT2D eigenvalue weighted by molar-refractivity contribution is 6.39. The Morgan fingerprint density at radius 1 is 1.80 bits per heavy atom. The molecule has 4 heteroatoms. The zero-order valence-corrected chi connectivity index (χ0v) is 5.85. The van der Waals surface area contributed by atoms with Gasteiger partial charge in [-0.15, -0.1) is 0 Å². The van der Waals surface area contributed by atoms with Crippen LogP contribution in [0.4, 0.5) is 0 Å². The Labute approximate surface area is 41.9 Å². The quantitative estimate of drug-likeness (QED) is 0.330. The molecular formula is CH10OSi3. The molecule has 0 atom stereocenters. The first-order valence-electron chi connectivity index (χ1n) is 1.05. The summed E-state index contributed by atoms with van der Waals surface area (Å²) in [7, 11) is 0.958. The van der Waals surface area contributed by atoms with Crippen LogP contribution in [0.1, 0.15) is 0 Å². The Kier molecular flexibility index (Phi) is 15.9. The van der Waals surface area contributed by atoms with Crippen LogP contribution in [0.15, 0.2) is 0 Å². The third-order valence-electron chi connectivity index (χ3n) is 0.167. The molecule has 5 heavy (non-hydrogen) atoms. The van der Waals surface area contributed by atoms with Gasteiger partial charge in [-0.1, -0.05) is 6.17 Å². The van der Waals surface area contributed by atoms with Crippen molar-refractivity contribution in [2.45, 2.75) is 0 Å². The maximum Gasteiger partial charge on any atom is 0.191 e. The van der Waals surface area contributed by atoms with Crippen LogP contribution in [0, 0.1) is 0 Å². The molecule has 0 unspecified atom stereocenters. The fourth-order valence-corrected chi connectivity index (χ4v) is 0. The zero-order valence-electron chi connectivity index (χ0n) is 2.69. The molecule has 0 bridgehead atoms. The molecule has 1 nitrogen and oxygen atoms in total. The van der Waals surface area contributed by atoms with Crippen LogP contribution in [0.2, 0.25) is 0 Å². The molecule has 0 aliphatic heterocycles. The van der Waals surface area contributed by atoms with Crippen molar-refractivity contribution in [2.24, 2.45) is 0 Å². The van der Waals surface area contributed by atoms with E-state index in [0.29, 0.717) is 0 Å². The second-order valence-electron chi connectivity index (χ2n) is 0.402. The second-order valence-corrected chi connectivity index (χ2v) is 2.62. The summed E-state index contributed by atoms with van der Waals surface area (Å²) in [5.41, 5.74) is 0. The van der Waals surface area contributed by atoms with Gasteiger partial charge in [-0.25, -0.2) is 0 Å². The summed E-state index contributed by atoms with van der Waals surface area (Å²) in [6, 6.07) is 0. The van der Waals surface area contributed by atoms with Crippen molar-refractivity contribution in [1.29, 1.82) is 0 Å². The smallest absolute Gasteiger partial charge is 0.191 e. The minimum atomic E-state index is 0. The molecule has 0 aromatic heterocycles. The lowest BCUT2D eigenvalue weighted by Gasteiger charge is -1.74. The number of rotatable bonds is 1. The maximum atomic E-state index is 4.65. The Bertz CT molecular complexity index is 20.9. The molecule has 0 aliphatic rings. The lowest BCUT2D eigenvalue weighted by atomic mass is 12.0. The molecule has 0 saturated heterocycles. The standard InChI is InChI=1S/CH6OSi2.H4Si/c1-4-2-3;/h4H,1H2,3H3;1H4.